The van der Waals surface area contributed by atoms with Gasteiger partial charge in [0.15, 0.2) is 0 Å². The number of halogens is 3. The van der Waals surface area contributed by atoms with Crippen LogP contribution >= 0.6 is 0 Å². The Balaban J connectivity index is 2.45. The van der Waals surface area contributed by atoms with Crippen molar-refractivity contribution in [3.63, 3.8) is 0 Å². The summed E-state index contributed by atoms with van der Waals surface area (Å²) in [6.45, 7) is 1.89. The summed E-state index contributed by atoms with van der Waals surface area (Å²) in [5.41, 5.74) is 6.42. The smallest absolute Gasteiger partial charge is 0.371 e. The van der Waals surface area contributed by atoms with Gasteiger partial charge in [-0.05, 0) is 12.5 Å². The number of hydrogen-bond donors (Lipinski definition) is 1. The first-order valence-corrected chi connectivity index (χ1v) is 5.39. The summed E-state index contributed by atoms with van der Waals surface area (Å²) < 4.78 is 40.9. The normalized spacial score (nSPS) is 14.5. The van der Waals surface area contributed by atoms with E-state index in [9.17, 15) is 13.2 Å². The highest BCUT2D eigenvalue weighted by Crippen LogP contribution is 2.12. The average molecular weight is 257 g/mol. The van der Waals surface area contributed by atoms with Crippen molar-refractivity contribution >= 4 is 0 Å². The molecular weight excluding hydrogens is 243 g/mol. The first-order chi connectivity index (χ1) is 8.38. The molecule has 0 saturated heterocycles. The van der Waals surface area contributed by atoms with Crippen LogP contribution in [0.25, 0.3) is 0 Å². The fourth-order valence-electron chi connectivity index (χ4n) is 1.19. The zero-order valence-corrected chi connectivity index (χ0v) is 9.87. The van der Waals surface area contributed by atoms with E-state index in [1.54, 1.807) is 6.92 Å². The molecule has 0 fully saturated rings. The maximum atomic E-state index is 11.9. The topological polar surface area (TPSA) is 35.2 Å². The largest absolute Gasteiger partial charge is 0.457 e. The molecule has 1 aromatic rings. The lowest BCUT2D eigenvalue weighted by molar-refractivity contribution is -0.0699. The summed E-state index contributed by atoms with van der Waals surface area (Å²) >= 11 is 0. The van der Waals surface area contributed by atoms with Gasteiger partial charge in [-0.15, -0.1) is 0 Å². The van der Waals surface area contributed by atoms with Crippen molar-refractivity contribution in [2.45, 2.75) is 31.9 Å². The highest BCUT2D eigenvalue weighted by atomic mass is 19.4. The number of alkyl halides is 3. The van der Waals surface area contributed by atoms with E-state index in [1.807, 2.05) is 36.3 Å². The van der Waals surface area contributed by atoms with E-state index in [1.165, 1.54) is 0 Å². The Morgan fingerprint density at radius 2 is 1.89 bits per heavy atom. The average Bonchev–Trinajstić information content (AvgIpc) is 2.33. The lowest BCUT2D eigenvalue weighted by Gasteiger charge is -2.16. The highest BCUT2D eigenvalue weighted by molar-refractivity contribution is 5.14. The predicted molar refractivity (Wildman–Crippen MR) is 62.5 cm³/mol. The first kappa shape index (κ1) is 14.6. The molecule has 1 aromatic carbocycles. The Hall–Kier alpha value is -1.51. The quantitative estimate of drug-likeness (QED) is 0.841. The van der Waals surface area contributed by atoms with Gasteiger partial charge in [0.05, 0.1) is 18.8 Å². The molecule has 0 amide bonds. The Morgan fingerprint density at radius 3 is 2.44 bits per heavy atom. The summed E-state index contributed by atoms with van der Waals surface area (Å²) in [6, 6.07) is 8.34. The molecule has 0 saturated carbocycles. The van der Waals surface area contributed by atoms with Crippen LogP contribution in [0, 0.1) is 11.8 Å². The third kappa shape index (κ3) is 5.71. The van der Waals surface area contributed by atoms with E-state index in [2.05, 4.69) is 0 Å². The highest BCUT2D eigenvalue weighted by Gasteiger charge is 2.23. The second-order valence-electron chi connectivity index (χ2n) is 3.79. The third-order valence-corrected chi connectivity index (χ3v) is 2.24. The van der Waals surface area contributed by atoms with Gasteiger partial charge in [0, 0.05) is 5.92 Å². The Bertz CT molecular complexity index is 419. The van der Waals surface area contributed by atoms with Crippen molar-refractivity contribution < 1.29 is 17.9 Å². The Morgan fingerprint density at radius 1 is 1.28 bits per heavy atom. The lowest BCUT2D eigenvalue weighted by atomic mass is 10.2. The molecule has 0 unspecified atom stereocenters. The van der Waals surface area contributed by atoms with Crippen molar-refractivity contribution in [2.24, 2.45) is 5.73 Å². The van der Waals surface area contributed by atoms with Crippen molar-refractivity contribution in [2.75, 3.05) is 0 Å². The summed E-state index contributed by atoms with van der Waals surface area (Å²) in [5.74, 6) is 3.08. The minimum Gasteiger partial charge on any atom is -0.371 e. The van der Waals surface area contributed by atoms with Gasteiger partial charge in [-0.1, -0.05) is 36.3 Å². The van der Waals surface area contributed by atoms with E-state index in [0.29, 0.717) is 6.61 Å². The van der Waals surface area contributed by atoms with Crippen molar-refractivity contribution in [1.82, 2.24) is 0 Å². The van der Waals surface area contributed by atoms with Gasteiger partial charge in [0.25, 0.3) is 0 Å². The number of rotatable bonds is 4. The van der Waals surface area contributed by atoms with Crippen LogP contribution in [0.3, 0.4) is 0 Å². The fraction of sp³-hybridized carbons (Fsp3) is 0.385. The SMILES string of the molecule is C[C@H](OCc1ccccc1)[C@H](N)C#CC(F)(F)F. The lowest BCUT2D eigenvalue weighted by Crippen LogP contribution is -2.33. The minimum atomic E-state index is -4.52. The van der Waals surface area contributed by atoms with E-state index in [-0.39, 0.29) is 0 Å². The molecule has 0 aromatic heterocycles. The monoisotopic (exact) mass is 257 g/mol. The van der Waals surface area contributed by atoms with Gasteiger partial charge >= 0.3 is 6.18 Å². The standard InChI is InChI=1S/C13H14F3NO/c1-10(12(17)7-8-13(14,15)16)18-9-11-5-3-2-4-6-11/h2-6,10,12H,9,17H2,1H3/t10-,12+/m0/s1. The molecule has 0 heterocycles. The van der Waals surface area contributed by atoms with Crippen LogP contribution in [0.2, 0.25) is 0 Å². The van der Waals surface area contributed by atoms with Gasteiger partial charge in [0.2, 0.25) is 0 Å². The molecule has 0 bridgehead atoms. The molecule has 2 atom stereocenters. The molecule has 0 aliphatic carbocycles. The van der Waals surface area contributed by atoms with Crippen LogP contribution in [0.4, 0.5) is 13.2 Å². The number of benzene rings is 1. The maximum absolute atomic E-state index is 11.9. The van der Waals surface area contributed by atoms with Crippen molar-refractivity contribution in [3.05, 3.63) is 35.9 Å². The molecule has 5 heteroatoms. The molecule has 2 N–H and O–H groups in total. The fourth-order valence-corrected chi connectivity index (χ4v) is 1.19. The maximum Gasteiger partial charge on any atom is 0.457 e. The van der Waals surface area contributed by atoms with Gasteiger partial charge in [-0.2, -0.15) is 13.2 Å². The Kier molecular flexibility index (Phi) is 5.20. The van der Waals surface area contributed by atoms with Crippen LogP contribution in [-0.4, -0.2) is 18.3 Å². The summed E-state index contributed by atoms with van der Waals surface area (Å²) in [7, 11) is 0. The summed E-state index contributed by atoms with van der Waals surface area (Å²) in [4.78, 5) is 0. The number of hydrogen-bond acceptors (Lipinski definition) is 2. The molecule has 2 nitrogen and oxygen atoms in total. The second-order valence-corrected chi connectivity index (χ2v) is 3.79. The molecule has 1 rings (SSSR count). The van der Waals surface area contributed by atoms with Crippen LogP contribution in [0.15, 0.2) is 30.3 Å². The van der Waals surface area contributed by atoms with Crippen molar-refractivity contribution in [3.8, 4) is 11.8 Å². The van der Waals surface area contributed by atoms with E-state index in [4.69, 9.17) is 10.5 Å². The van der Waals surface area contributed by atoms with Gasteiger partial charge < -0.3 is 10.5 Å². The predicted octanol–water partition coefficient (Wildman–Crippen LogP) is 2.48. The molecule has 0 aliphatic heterocycles. The second kappa shape index (κ2) is 6.43. The number of ether oxygens (including phenoxy) is 1. The van der Waals surface area contributed by atoms with Crippen LogP contribution in [-0.2, 0) is 11.3 Å². The van der Waals surface area contributed by atoms with E-state index < -0.39 is 18.3 Å². The van der Waals surface area contributed by atoms with Gasteiger partial charge in [-0.25, -0.2) is 0 Å². The van der Waals surface area contributed by atoms with Gasteiger partial charge in [0.1, 0.15) is 0 Å². The number of nitrogens with two attached hydrogens (primary N) is 1. The molecule has 0 radical (unpaired) electrons. The third-order valence-electron chi connectivity index (χ3n) is 2.24. The zero-order chi connectivity index (χ0) is 13.6. The minimum absolute atomic E-state index is 0.295. The van der Waals surface area contributed by atoms with Gasteiger partial charge in [-0.3, -0.25) is 0 Å². The van der Waals surface area contributed by atoms with E-state index >= 15 is 0 Å². The first-order valence-electron chi connectivity index (χ1n) is 5.39. The van der Waals surface area contributed by atoms with Crippen molar-refractivity contribution in [1.29, 1.82) is 0 Å². The molecular formula is C13H14F3NO. The zero-order valence-electron chi connectivity index (χ0n) is 9.87. The van der Waals surface area contributed by atoms with E-state index in [0.717, 1.165) is 11.5 Å². The molecule has 0 spiro atoms. The summed E-state index contributed by atoms with van der Waals surface area (Å²) in [6.07, 6.45) is -5.09. The van der Waals surface area contributed by atoms with Crippen LogP contribution < -0.4 is 5.73 Å². The molecule has 98 valence electrons. The molecule has 18 heavy (non-hydrogen) atoms. The molecule has 0 aliphatic rings. The van der Waals surface area contributed by atoms with Crippen LogP contribution in [0.1, 0.15) is 12.5 Å². The Labute approximate surface area is 104 Å². The summed E-state index contributed by atoms with van der Waals surface area (Å²) in [5, 5.41) is 0. The van der Waals surface area contributed by atoms with Crippen LogP contribution in [0.5, 0.6) is 0 Å².